The van der Waals surface area contributed by atoms with Crippen LogP contribution in [0.1, 0.15) is 30.9 Å². The number of aryl methyl sites for hydroxylation is 2. The lowest BCUT2D eigenvalue weighted by Gasteiger charge is -2.09. The number of nitrogens with zero attached hydrogens (tertiary/aromatic N) is 1. The van der Waals surface area contributed by atoms with Crippen LogP contribution in [0.15, 0.2) is 79.0 Å². The quantitative estimate of drug-likeness (QED) is 0.370. The summed E-state index contributed by atoms with van der Waals surface area (Å²) in [4.78, 5) is 4.69. The van der Waals surface area contributed by atoms with Gasteiger partial charge in [-0.3, -0.25) is 4.98 Å². The Morgan fingerprint density at radius 1 is 0.778 bits per heavy atom. The topological polar surface area (TPSA) is 12.9 Å². The van der Waals surface area contributed by atoms with Crippen molar-refractivity contribution in [1.82, 2.24) is 4.98 Å². The number of pyridine rings is 1. The van der Waals surface area contributed by atoms with Crippen LogP contribution in [0, 0.1) is 6.92 Å². The Bertz CT molecular complexity index is 1060. The van der Waals surface area contributed by atoms with E-state index in [0.29, 0.717) is 0 Å². The van der Waals surface area contributed by atoms with E-state index in [1.807, 2.05) is 6.20 Å². The maximum absolute atomic E-state index is 4.69. The van der Waals surface area contributed by atoms with Crippen molar-refractivity contribution in [3.8, 4) is 22.4 Å². The van der Waals surface area contributed by atoms with Crippen LogP contribution in [0.5, 0.6) is 0 Å². The SMILES string of the molecule is CCCCc1ccc(-c2cccc(-c3nccc4cc(C)ccc34)c2)cc1. The Kier molecular flexibility index (Phi) is 5.02. The van der Waals surface area contributed by atoms with Gasteiger partial charge in [-0.05, 0) is 54.0 Å². The zero-order chi connectivity index (χ0) is 18.6. The van der Waals surface area contributed by atoms with E-state index in [-0.39, 0.29) is 0 Å². The Labute approximate surface area is 161 Å². The third-order valence-corrected chi connectivity index (χ3v) is 5.16. The molecule has 0 aliphatic rings. The lowest BCUT2D eigenvalue weighted by Crippen LogP contribution is -1.88. The van der Waals surface area contributed by atoms with Crippen LogP contribution in [0.25, 0.3) is 33.2 Å². The predicted octanol–water partition coefficient (Wildman–Crippen LogP) is 7.22. The highest BCUT2D eigenvalue weighted by Crippen LogP contribution is 2.30. The highest BCUT2D eigenvalue weighted by molar-refractivity contribution is 5.95. The van der Waals surface area contributed by atoms with Gasteiger partial charge in [0.15, 0.2) is 0 Å². The minimum absolute atomic E-state index is 1.05. The second-order valence-corrected chi connectivity index (χ2v) is 7.27. The molecule has 0 saturated carbocycles. The second kappa shape index (κ2) is 7.75. The van der Waals surface area contributed by atoms with Gasteiger partial charge in [0.1, 0.15) is 0 Å². The van der Waals surface area contributed by atoms with Crippen molar-refractivity contribution in [2.75, 3.05) is 0 Å². The van der Waals surface area contributed by atoms with E-state index in [1.54, 1.807) is 0 Å². The van der Waals surface area contributed by atoms with E-state index in [1.165, 1.54) is 45.9 Å². The van der Waals surface area contributed by atoms with Crippen molar-refractivity contribution >= 4 is 10.8 Å². The molecule has 0 spiro atoms. The van der Waals surface area contributed by atoms with Crippen LogP contribution in [-0.2, 0) is 6.42 Å². The first-order valence-corrected chi connectivity index (χ1v) is 9.80. The van der Waals surface area contributed by atoms with Gasteiger partial charge in [-0.25, -0.2) is 0 Å². The summed E-state index contributed by atoms with van der Waals surface area (Å²) in [6, 6.07) is 26.4. The highest BCUT2D eigenvalue weighted by atomic mass is 14.7. The molecule has 0 bridgehead atoms. The molecule has 0 atom stereocenters. The van der Waals surface area contributed by atoms with Gasteiger partial charge >= 0.3 is 0 Å². The number of hydrogen-bond acceptors (Lipinski definition) is 1. The van der Waals surface area contributed by atoms with Crippen molar-refractivity contribution in [2.24, 2.45) is 0 Å². The number of unbranched alkanes of at least 4 members (excludes halogenated alkanes) is 1. The zero-order valence-electron chi connectivity index (χ0n) is 16.1. The summed E-state index contributed by atoms with van der Waals surface area (Å²) in [5.41, 5.74) is 7.40. The normalized spacial score (nSPS) is 11.0. The van der Waals surface area contributed by atoms with Crippen molar-refractivity contribution in [1.29, 1.82) is 0 Å². The Morgan fingerprint density at radius 2 is 1.59 bits per heavy atom. The Balaban J connectivity index is 1.71. The molecule has 0 aliphatic carbocycles. The van der Waals surface area contributed by atoms with Crippen LogP contribution in [0.2, 0.25) is 0 Å². The number of rotatable bonds is 5. The molecule has 27 heavy (non-hydrogen) atoms. The fourth-order valence-electron chi connectivity index (χ4n) is 3.62. The van der Waals surface area contributed by atoms with E-state index in [4.69, 9.17) is 0 Å². The summed E-state index contributed by atoms with van der Waals surface area (Å²) >= 11 is 0. The first kappa shape index (κ1) is 17.5. The first-order valence-electron chi connectivity index (χ1n) is 9.80. The number of benzene rings is 3. The lowest BCUT2D eigenvalue weighted by molar-refractivity contribution is 0.795. The molecule has 3 aromatic carbocycles. The lowest BCUT2D eigenvalue weighted by atomic mass is 9.97. The van der Waals surface area contributed by atoms with Gasteiger partial charge < -0.3 is 0 Å². The average molecular weight is 351 g/mol. The molecule has 1 aromatic heterocycles. The fourth-order valence-corrected chi connectivity index (χ4v) is 3.62. The number of fused-ring (bicyclic) bond motifs is 1. The Morgan fingerprint density at radius 3 is 2.41 bits per heavy atom. The minimum atomic E-state index is 1.05. The molecule has 1 heteroatoms. The van der Waals surface area contributed by atoms with Crippen LogP contribution in [0.4, 0.5) is 0 Å². The highest BCUT2D eigenvalue weighted by Gasteiger charge is 2.07. The third kappa shape index (κ3) is 3.78. The molecule has 1 heterocycles. The van der Waals surface area contributed by atoms with Crippen LogP contribution < -0.4 is 0 Å². The average Bonchev–Trinajstić information content (AvgIpc) is 2.72. The summed E-state index contributed by atoms with van der Waals surface area (Å²) in [6.07, 6.45) is 5.56. The minimum Gasteiger partial charge on any atom is -0.256 e. The molecule has 4 rings (SSSR count). The van der Waals surface area contributed by atoms with Gasteiger partial charge in [-0.15, -0.1) is 0 Å². The van der Waals surface area contributed by atoms with Crippen molar-refractivity contribution < 1.29 is 0 Å². The van der Waals surface area contributed by atoms with Crippen LogP contribution in [0.3, 0.4) is 0 Å². The monoisotopic (exact) mass is 351 g/mol. The molecule has 0 radical (unpaired) electrons. The van der Waals surface area contributed by atoms with Gasteiger partial charge in [-0.1, -0.05) is 79.6 Å². The van der Waals surface area contributed by atoms with Crippen LogP contribution in [-0.4, -0.2) is 4.98 Å². The first-order chi connectivity index (χ1) is 13.2. The third-order valence-electron chi connectivity index (χ3n) is 5.16. The van der Waals surface area contributed by atoms with Gasteiger partial charge in [0.25, 0.3) is 0 Å². The maximum atomic E-state index is 4.69. The molecule has 0 amide bonds. The molecule has 0 saturated heterocycles. The van der Waals surface area contributed by atoms with E-state index in [9.17, 15) is 0 Å². The second-order valence-electron chi connectivity index (χ2n) is 7.27. The summed E-state index contributed by atoms with van der Waals surface area (Å²) in [6.45, 7) is 4.37. The molecular formula is C26H25N. The van der Waals surface area contributed by atoms with E-state index < -0.39 is 0 Å². The zero-order valence-corrected chi connectivity index (χ0v) is 16.1. The largest absolute Gasteiger partial charge is 0.256 e. The van der Waals surface area contributed by atoms with Crippen molar-refractivity contribution in [3.63, 3.8) is 0 Å². The summed E-state index contributed by atoms with van der Waals surface area (Å²) in [5.74, 6) is 0. The van der Waals surface area contributed by atoms with Crippen LogP contribution >= 0.6 is 0 Å². The van der Waals surface area contributed by atoms with Gasteiger partial charge in [0.05, 0.1) is 5.69 Å². The van der Waals surface area contributed by atoms with Crippen molar-refractivity contribution in [2.45, 2.75) is 33.1 Å². The molecular weight excluding hydrogens is 326 g/mol. The van der Waals surface area contributed by atoms with E-state index >= 15 is 0 Å². The standard InChI is InChI=1S/C26H25N/c1-3-4-6-20-10-12-21(13-11-20)22-7-5-8-24(18-22)26-25-14-9-19(2)17-23(25)15-16-27-26/h5,7-18H,3-4,6H2,1-2H3. The van der Waals surface area contributed by atoms with E-state index in [2.05, 4.69) is 91.6 Å². The number of hydrogen-bond donors (Lipinski definition) is 0. The number of aromatic nitrogens is 1. The fraction of sp³-hybridized carbons (Fsp3) is 0.192. The molecule has 0 fully saturated rings. The summed E-state index contributed by atoms with van der Waals surface area (Å²) in [7, 11) is 0. The van der Waals surface area contributed by atoms with Gasteiger partial charge in [0, 0.05) is 17.1 Å². The van der Waals surface area contributed by atoms with Gasteiger partial charge in [-0.2, -0.15) is 0 Å². The Hall–Kier alpha value is -2.93. The molecule has 4 aromatic rings. The molecule has 0 aliphatic heterocycles. The van der Waals surface area contributed by atoms with E-state index in [0.717, 1.165) is 17.7 Å². The molecule has 0 unspecified atom stereocenters. The molecule has 134 valence electrons. The van der Waals surface area contributed by atoms with Crippen molar-refractivity contribution in [3.05, 3.63) is 90.1 Å². The molecule has 1 nitrogen and oxygen atoms in total. The smallest absolute Gasteiger partial charge is 0.0780 e. The molecule has 0 N–H and O–H groups in total. The maximum Gasteiger partial charge on any atom is 0.0780 e. The van der Waals surface area contributed by atoms with Gasteiger partial charge in [0.2, 0.25) is 0 Å². The predicted molar refractivity (Wildman–Crippen MR) is 116 cm³/mol. The summed E-state index contributed by atoms with van der Waals surface area (Å²) < 4.78 is 0. The summed E-state index contributed by atoms with van der Waals surface area (Å²) in [5, 5.41) is 2.45.